The summed E-state index contributed by atoms with van der Waals surface area (Å²) in [5.41, 5.74) is 0. The van der Waals surface area contributed by atoms with Gasteiger partial charge in [-0.1, -0.05) is 0 Å². The normalized spacial score (nSPS) is 0. The van der Waals surface area contributed by atoms with Crippen molar-refractivity contribution >= 4 is 0 Å². The fraction of sp³-hybridized carbons (Fsp3) is 0. The third-order valence-corrected chi connectivity index (χ3v) is 0. The van der Waals surface area contributed by atoms with Gasteiger partial charge in [0, 0.05) is 22.4 Å². The predicted octanol–water partition coefficient (Wildman–Crippen LogP) is -1.50. The third kappa shape index (κ3) is 18.8. The van der Waals surface area contributed by atoms with E-state index in [0.717, 1.165) is 0 Å². The molecule has 0 aromatic carbocycles. The molecule has 4 heavy (non-hydrogen) atoms. The first kappa shape index (κ1) is 170. The van der Waals surface area contributed by atoms with E-state index in [1.54, 1.807) is 0 Å². The van der Waals surface area contributed by atoms with Gasteiger partial charge in [-0.3, -0.25) is 4.70 Å². The number of hydrogen-bond acceptors (Lipinski definition) is 0. The van der Waals surface area contributed by atoms with Crippen LogP contribution in [-0.2, 0) is 22.4 Å². The molecule has 0 heterocycles. The van der Waals surface area contributed by atoms with Crippen molar-refractivity contribution in [2.75, 3.05) is 0 Å². The monoisotopic (exact) mass is 149 g/mol. The van der Waals surface area contributed by atoms with E-state index in [-0.39, 0.29) is 38.0 Å². The Kier molecular flexibility index (Phi) is 2940. The van der Waals surface area contributed by atoms with Gasteiger partial charge in [-0.15, -0.1) is 0 Å². The molecular formula is H5FNbO2. The van der Waals surface area contributed by atoms with E-state index in [1.807, 2.05) is 0 Å². The number of hydrogen-bond donors (Lipinski definition) is 0. The molecule has 1 radical (unpaired) electrons. The Balaban J connectivity index is 0. The summed E-state index contributed by atoms with van der Waals surface area (Å²) in [4.78, 5) is 0. The van der Waals surface area contributed by atoms with Gasteiger partial charge in [0.1, 0.15) is 0 Å². The zero-order valence-corrected chi connectivity index (χ0v) is 4.05. The van der Waals surface area contributed by atoms with Crippen LogP contribution in [0.2, 0.25) is 0 Å². The summed E-state index contributed by atoms with van der Waals surface area (Å²) >= 11 is 0. The van der Waals surface area contributed by atoms with Gasteiger partial charge >= 0.3 is 0 Å². The summed E-state index contributed by atoms with van der Waals surface area (Å²) in [6.07, 6.45) is 0. The molecule has 4 N–H and O–H groups in total. The molecule has 0 unspecified atom stereocenters. The Labute approximate surface area is 38.7 Å². The van der Waals surface area contributed by atoms with Crippen LogP contribution in [-0.4, -0.2) is 11.0 Å². The SMILES string of the molecule is F.O.O.[Nb]. The zero-order chi connectivity index (χ0) is 0. The van der Waals surface area contributed by atoms with Gasteiger partial charge in [0.05, 0.1) is 0 Å². The van der Waals surface area contributed by atoms with Crippen molar-refractivity contribution in [1.82, 2.24) is 0 Å². The average Bonchev–Trinajstić information content (AvgIpc) is 0. The molecule has 0 atom stereocenters. The topological polar surface area (TPSA) is 63.0 Å². The van der Waals surface area contributed by atoms with Crippen LogP contribution in [0.15, 0.2) is 0 Å². The van der Waals surface area contributed by atoms with Crippen molar-refractivity contribution in [1.29, 1.82) is 0 Å². The quantitative estimate of drug-likeness (QED) is 0.376. The zero-order valence-electron chi connectivity index (χ0n) is 1.86. The molecule has 0 saturated heterocycles. The smallest absolute Gasteiger partial charge is 0 e. The van der Waals surface area contributed by atoms with Crippen molar-refractivity contribution in [3.63, 3.8) is 0 Å². The second kappa shape index (κ2) is 69.1. The van der Waals surface area contributed by atoms with Gasteiger partial charge in [-0.2, -0.15) is 0 Å². The third-order valence-electron chi connectivity index (χ3n) is 0. The molecule has 0 rings (SSSR count). The maximum Gasteiger partial charge on any atom is 0 e. The van der Waals surface area contributed by atoms with Crippen LogP contribution < -0.4 is 0 Å². The second-order valence-electron chi connectivity index (χ2n) is 0. The molecule has 0 aliphatic rings. The fourth-order valence-corrected chi connectivity index (χ4v) is 0. The van der Waals surface area contributed by atoms with E-state index in [4.69, 9.17) is 0 Å². The molecule has 0 aromatic rings. The van der Waals surface area contributed by atoms with Crippen LogP contribution in [0.25, 0.3) is 0 Å². The van der Waals surface area contributed by atoms with E-state index in [9.17, 15) is 0 Å². The Bertz CT molecular complexity index is 6.00. The molecule has 2 nitrogen and oxygen atoms in total. The van der Waals surface area contributed by atoms with Crippen LogP contribution >= 0.6 is 0 Å². The Morgan fingerprint density at radius 2 is 0.750 bits per heavy atom. The largest absolute Gasteiger partial charge is 0.412 e. The number of rotatable bonds is 0. The Hall–Kier alpha value is 0.590. The van der Waals surface area contributed by atoms with E-state index >= 15 is 0 Å². The van der Waals surface area contributed by atoms with Gasteiger partial charge in [0.2, 0.25) is 0 Å². The maximum absolute atomic E-state index is 0. The van der Waals surface area contributed by atoms with Crippen molar-refractivity contribution in [2.24, 2.45) is 0 Å². The maximum atomic E-state index is 0. The van der Waals surface area contributed by atoms with Crippen LogP contribution in [0.1, 0.15) is 0 Å². The first-order chi connectivity index (χ1) is 0. The molecule has 0 saturated carbocycles. The summed E-state index contributed by atoms with van der Waals surface area (Å²) in [5, 5.41) is 0. The van der Waals surface area contributed by atoms with Crippen molar-refractivity contribution in [3.8, 4) is 0 Å². The van der Waals surface area contributed by atoms with E-state index in [1.165, 1.54) is 0 Å². The molecule has 0 aliphatic carbocycles. The number of halogens is 1. The van der Waals surface area contributed by atoms with Crippen molar-refractivity contribution in [3.05, 3.63) is 0 Å². The summed E-state index contributed by atoms with van der Waals surface area (Å²) in [6.45, 7) is 0. The minimum absolute atomic E-state index is 0. The molecule has 0 aliphatic heterocycles. The van der Waals surface area contributed by atoms with Gasteiger partial charge in [-0.25, -0.2) is 0 Å². The van der Waals surface area contributed by atoms with Crippen LogP contribution in [0.3, 0.4) is 0 Å². The minimum atomic E-state index is 0. The summed E-state index contributed by atoms with van der Waals surface area (Å²) in [7, 11) is 0. The van der Waals surface area contributed by atoms with E-state index in [2.05, 4.69) is 0 Å². The van der Waals surface area contributed by atoms with Gasteiger partial charge in [0.15, 0.2) is 0 Å². The molecule has 4 heteroatoms. The Morgan fingerprint density at radius 3 is 0.750 bits per heavy atom. The Morgan fingerprint density at radius 1 is 0.750 bits per heavy atom. The molecule has 0 bridgehead atoms. The van der Waals surface area contributed by atoms with Crippen molar-refractivity contribution < 1.29 is 38.0 Å². The standard InChI is InChI=1S/FH.Nb.2H2O/h1H;;2*1H2. The summed E-state index contributed by atoms with van der Waals surface area (Å²) in [6, 6.07) is 0. The van der Waals surface area contributed by atoms with Crippen LogP contribution in [0.5, 0.6) is 0 Å². The minimum Gasteiger partial charge on any atom is -0.412 e. The summed E-state index contributed by atoms with van der Waals surface area (Å²) < 4.78 is 0. The summed E-state index contributed by atoms with van der Waals surface area (Å²) in [5.74, 6) is 0. The molecule has 0 spiro atoms. The first-order valence-corrected chi connectivity index (χ1v) is 0. The molecule has 0 fully saturated rings. The van der Waals surface area contributed by atoms with Crippen molar-refractivity contribution in [2.45, 2.75) is 0 Å². The van der Waals surface area contributed by atoms with E-state index < -0.39 is 0 Å². The molecular weight excluding hydrogens is 144 g/mol. The predicted molar refractivity (Wildman–Crippen MR) is 9.73 cm³/mol. The van der Waals surface area contributed by atoms with E-state index in [0.29, 0.717) is 0 Å². The van der Waals surface area contributed by atoms with Gasteiger partial charge in [0.25, 0.3) is 0 Å². The second-order valence-corrected chi connectivity index (χ2v) is 0. The fourth-order valence-electron chi connectivity index (χ4n) is 0. The molecule has 0 aromatic heterocycles. The van der Waals surface area contributed by atoms with Gasteiger partial charge < -0.3 is 11.0 Å². The van der Waals surface area contributed by atoms with Crippen LogP contribution in [0.4, 0.5) is 4.70 Å². The average molecular weight is 149 g/mol. The first-order valence-electron chi connectivity index (χ1n) is 0. The van der Waals surface area contributed by atoms with Gasteiger partial charge in [-0.05, 0) is 0 Å². The molecule has 0 amide bonds. The van der Waals surface area contributed by atoms with Crippen LogP contribution in [0, 0.1) is 0 Å². The molecule has 29 valence electrons.